The molecule has 1 aliphatic rings. The molecule has 33 heavy (non-hydrogen) atoms. The highest BCUT2D eigenvalue weighted by Gasteiger charge is 2.20. The summed E-state index contributed by atoms with van der Waals surface area (Å²) in [6.45, 7) is 4.57. The average Bonchev–Trinajstić information content (AvgIpc) is 2.84. The Morgan fingerprint density at radius 2 is 2.09 bits per heavy atom. The Hall–Kier alpha value is -3.45. The van der Waals surface area contributed by atoms with Crippen LogP contribution in [0.1, 0.15) is 18.2 Å². The molecule has 7 heteroatoms. The summed E-state index contributed by atoms with van der Waals surface area (Å²) in [5.41, 5.74) is 4.04. The van der Waals surface area contributed by atoms with Crippen LogP contribution < -0.4 is 15.0 Å². The molecule has 1 aromatic heterocycles. The lowest BCUT2D eigenvalue weighted by Crippen LogP contribution is -2.43. The fraction of sp³-hybridized carbons (Fsp3) is 0.308. The Labute approximate surface area is 193 Å². The summed E-state index contributed by atoms with van der Waals surface area (Å²) in [6.07, 6.45) is 1.87. The number of rotatable bonds is 7. The molecule has 4 rings (SSSR count). The predicted molar refractivity (Wildman–Crippen MR) is 126 cm³/mol. The van der Waals surface area contributed by atoms with E-state index in [0.29, 0.717) is 30.5 Å². The van der Waals surface area contributed by atoms with Crippen molar-refractivity contribution in [2.24, 2.45) is 0 Å². The van der Waals surface area contributed by atoms with E-state index in [4.69, 9.17) is 9.47 Å². The van der Waals surface area contributed by atoms with Gasteiger partial charge in [0.15, 0.2) is 0 Å². The van der Waals surface area contributed by atoms with Crippen molar-refractivity contribution in [3.05, 3.63) is 77.9 Å². The predicted octanol–water partition coefficient (Wildman–Crippen LogP) is 3.98. The molecular weight excluding hydrogens is 421 g/mol. The van der Waals surface area contributed by atoms with Crippen molar-refractivity contribution < 1.29 is 18.7 Å². The van der Waals surface area contributed by atoms with E-state index in [2.05, 4.69) is 28.2 Å². The maximum Gasteiger partial charge on any atom is 0.226 e. The van der Waals surface area contributed by atoms with Crippen LogP contribution in [0.3, 0.4) is 0 Å². The van der Waals surface area contributed by atoms with Gasteiger partial charge in [-0.15, -0.1) is 0 Å². The molecule has 6 nitrogen and oxygen atoms in total. The van der Waals surface area contributed by atoms with Crippen molar-refractivity contribution in [3.63, 3.8) is 0 Å². The molecular formula is C26H28FN3O3. The fourth-order valence-corrected chi connectivity index (χ4v) is 3.96. The van der Waals surface area contributed by atoms with Crippen LogP contribution in [0.15, 0.2) is 60.8 Å². The molecule has 1 saturated heterocycles. The molecule has 2 heterocycles. The number of carbonyl (C=O) groups excluding carboxylic acids is 1. The number of hydrogen-bond acceptors (Lipinski definition) is 5. The second-order valence-electron chi connectivity index (χ2n) is 8.09. The van der Waals surface area contributed by atoms with Crippen LogP contribution in [0.2, 0.25) is 0 Å². The van der Waals surface area contributed by atoms with Crippen LogP contribution in [0.25, 0.3) is 11.1 Å². The number of methoxy groups -OCH3 is 1. The van der Waals surface area contributed by atoms with Crippen molar-refractivity contribution in [1.29, 1.82) is 0 Å². The maximum atomic E-state index is 13.7. The lowest BCUT2D eigenvalue weighted by atomic mass is 10.0. The number of morpholine rings is 1. The smallest absolute Gasteiger partial charge is 0.226 e. The van der Waals surface area contributed by atoms with Gasteiger partial charge in [0, 0.05) is 59.5 Å². The summed E-state index contributed by atoms with van der Waals surface area (Å²) in [5.74, 6) is 0.228. The number of aromatic nitrogens is 1. The first-order chi connectivity index (χ1) is 16.0. The third-order valence-electron chi connectivity index (χ3n) is 5.80. The SMILES string of the molecule is COc1cc(N2CCOC[C@@H]2C)ccc1-c1ccc(CC(=O)NCc2ccccc2F)nc1. The van der Waals surface area contributed by atoms with Crippen molar-refractivity contribution in [1.82, 2.24) is 10.3 Å². The first-order valence-electron chi connectivity index (χ1n) is 11.0. The standard InChI is InChI=1S/C26H28FN3O3/c1-18-17-33-12-11-30(18)22-9-10-23(25(14-22)32-2)19-7-8-21(28-15-19)13-26(31)29-16-20-5-3-4-6-24(20)27/h3-10,14-15,18H,11-13,16-17H2,1-2H3,(H,29,31)/t18-/m0/s1. The van der Waals surface area contributed by atoms with Gasteiger partial charge in [0.1, 0.15) is 11.6 Å². The van der Waals surface area contributed by atoms with Gasteiger partial charge >= 0.3 is 0 Å². The van der Waals surface area contributed by atoms with Gasteiger partial charge in [0.25, 0.3) is 0 Å². The minimum atomic E-state index is -0.330. The number of anilines is 1. The van der Waals surface area contributed by atoms with Gasteiger partial charge in [-0.1, -0.05) is 24.3 Å². The van der Waals surface area contributed by atoms with Gasteiger partial charge in [-0.3, -0.25) is 9.78 Å². The van der Waals surface area contributed by atoms with Gasteiger partial charge in [0.05, 0.1) is 26.7 Å². The minimum Gasteiger partial charge on any atom is -0.496 e. The molecule has 0 spiro atoms. The second kappa shape index (κ2) is 10.4. The third-order valence-corrected chi connectivity index (χ3v) is 5.80. The molecule has 1 fully saturated rings. The van der Waals surface area contributed by atoms with Crippen molar-refractivity contribution in [3.8, 4) is 16.9 Å². The summed E-state index contributed by atoms with van der Waals surface area (Å²) in [4.78, 5) is 19.0. The van der Waals surface area contributed by atoms with E-state index in [-0.39, 0.29) is 24.7 Å². The van der Waals surface area contributed by atoms with Gasteiger partial charge in [-0.25, -0.2) is 4.39 Å². The summed E-state index contributed by atoms with van der Waals surface area (Å²) >= 11 is 0. The summed E-state index contributed by atoms with van der Waals surface area (Å²) in [7, 11) is 1.66. The topological polar surface area (TPSA) is 63.7 Å². The van der Waals surface area contributed by atoms with E-state index in [1.807, 2.05) is 24.3 Å². The van der Waals surface area contributed by atoms with Crippen LogP contribution >= 0.6 is 0 Å². The van der Waals surface area contributed by atoms with Crippen LogP contribution in [0, 0.1) is 5.82 Å². The Morgan fingerprint density at radius 1 is 1.24 bits per heavy atom. The van der Waals surface area contributed by atoms with Crippen molar-refractivity contribution in [2.45, 2.75) is 25.9 Å². The zero-order valence-corrected chi connectivity index (χ0v) is 18.9. The molecule has 172 valence electrons. The van der Waals surface area contributed by atoms with E-state index in [0.717, 1.165) is 29.1 Å². The molecule has 1 amide bonds. The molecule has 1 aliphatic heterocycles. The first kappa shape index (κ1) is 22.7. The Kier molecular flexibility index (Phi) is 7.19. The number of halogens is 1. The number of nitrogens with zero attached hydrogens (tertiary/aromatic N) is 2. The van der Waals surface area contributed by atoms with Gasteiger partial charge in [0.2, 0.25) is 5.91 Å². The van der Waals surface area contributed by atoms with Crippen LogP contribution in [-0.4, -0.2) is 43.8 Å². The highest BCUT2D eigenvalue weighted by Crippen LogP contribution is 2.34. The molecule has 0 radical (unpaired) electrons. The fourth-order valence-electron chi connectivity index (χ4n) is 3.96. The first-order valence-corrected chi connectivity index (χ1v) is 11.0. The van der Waals surface area contributed by atoms with E-state index in [1.54, 1.807) is 31.5 Å². The number of hydrogen-bond donors (Lipinski definition) is 1. The number of ether oxygens (including phenoxy) is 2. The highest BCUT2D eigenvalue weighted by molar-refractivity contribution is 5.78. The molecule has 3 aromatic rings. The van der Waals surface area contributed by atoms with Gasteiger partial charge < -0.3 is 19.7 Å². The van der Waals surface area contributed by atoms with E-state index in [9.17, 15) is 9.18 Å². The summed E-state index contributed by atoms with van der Waals surface area (Å²) in [5, 5.41) is 2.74. The monoisotopic (exact) mass is 449 g/mol. The Bertz CT molecular complexity index is 1100. The number of carbonyl (C=O) groups is 1. The lowest BCUT2D eigenvalue weighted by Gasteiger charge is -2.35. The molecule has 1 atom stereocenters. The number of pyridine rings is 1. The maximum absolute atomic E-state index is 13.7. The van der Waals surface area contributed by atoms with Gasteiger partial charge in [-0.2, -0.15) is 0 Å². The average molecular weight is 450 g/mol. The zero-order valence-electron chi connectivity index (χ0n) is 18.9. The second-order valence-corrected chi connectivity index (χ2v) is 8.09. The summed E-state index contributed by atoms with van der Waals surface area (Å²) in [6, 6.07) is 16.6. The third kappa shape index (κ3) is 5.49. The Morgan fingerprint density at radius 3 is 2.82 bits per heavy atom. The van der Waals surface area contributed by atoms with Crippen molar-refractivity contribution >= 4 is 11.6 Å². The molecule has 0 bridgehead atoms. The highest BCUT2D eigenvalue weighted by atomic mass is 19.1. The number of amides is 1. The minimum absolute atomic E-state index is 0.125. The van der Waals surface area contributed by atoms with E-state index >= 15 is 0 Å². The number of nitrogens with one attached hydrogen (secondary N) is 1. The molecule has 2 aromatic carbocycles. The molecule has 0 unspecified atom stereocenters. The summed E-state index contributed by atoms with van der Waals surface area (Å²) < 4.78 is 24.9. The van der Waals surface area contributed by atoms with Crippen LogP contribution in [-0.2, 0) is 22.5 Å². The van der Waals surface area contributed by atoms with Gasteiger partial charge in [-0.05, 0) is 31.2 Å². The number of benzene rings is 2. The van der Waals surface area contributed by atoms with Crippen LogP contribution in [0.4, 0.5) is 10.1 Å². The quantitative estimate of drug-likeness (QED) is 0.591. The molecule has 1 N–H and O–H groups in total. The lowest BCUT2D eigenvalue weighted by molar-refractivity contribution is -0.120. The zero-order chi connectivity index (χ0) is 23.2. The molecule has 0 saturated carbocycles. The normalized spacial score (nSPS) is 15.8. The Balaban J connectivity index is 1.42. The van der Waals surface area contributed by atoms with E-state index in [1.165, 1.54) is 6.07 Å². The largest absolute Gasteiger partial charge is 0.496 e. The van der Waals surface area contributed by atoms with E-state index < -0.39 is 0 Å². The molecule has 0 aliphatic carbocycles. The van der Waals surface area contributed by atoms with Crippen LogP contribution in [0.5, 0.6) is 5.75 Å². The van der Waals surface area contributed by atoms with Crippen molar-refractivity contribution in [2.75, 3.05) is 31.8 Å².